The number of carbonyl (C=O) groups excluding carboxylic acids is 1. The molecule has 0 aliphatic heterocycles. The molecule has 0 bridgehead atoms. The average molecular weight is 97.1 g/mol. The van der Waals surface area contributed by atoms with Crippen LogP contribution >= 0.6 is 0 Å². The molecule has 0 aromatic rings. The number of hydrogen-bond donors (Lipinski definition) is 1. The standard InChI is InChI=1S/C4H3NO2/c5-3-4(7)1-2-6/h1-2,7H. The molecular weight excluding hydrogens is 94.0 g/mol. The van der Waals surface area contributed by atoms with Crippen LogP contribution in [0.15, 0.2) is 11.8 Å². The van der Waals surface area contributed by atoms with Crippen molar-refractivity contribution in [3.8, 4) is 6.07 Å². The average Bonchev–Trinajstić information content (AvgIpc) is 1.68. The Labute approximate surface area is 40.5 Å². The summed E-state index contributed by atoms with van der Waals surface area (Å²) in [6, 6.07) is 1.35. The van der Waals surface area contributed by atoms with Crippen molar-refractivity contribution in [3.63, 3.8) is 0 Å². The largest absolute Gasteiger partial charge is 0.499 e. The lowest BCUT2D eigenvalue weighted by Gasteiger charge is -1.71. The second-order valence-electron chi connectivity index (χ2n) is 0.800. The van der Waals surface area contributed by atoms with E-state index < -0.39 is 5.76 Å². The first kappa shape index (κ1) is 5.70. The van der Waals surface area contributed by atoms with Gasteiger partial charge in [-0.1, -0.05) is 0 Å². The molecule has 0 rings (SSSR count). The highest BCUT2D eigenvalue weighted by Crippen LogP contribution is 1.76. The fourth-order valence-corrected chi connectivity index (χ4v) is 0.102. The van der Waals surface area contributed by atoms with E-state index in [9.17, 15) is 4.79 Å². The summed E-state index contributed by atoms with van der Waals surface area (Å²) in [7, 11) is 0. The van der Waals surface area contributed by atoms with Crippen molar-refractivity contribution < 1.29 is 9.90 Å². The highest BCUT2D eigenvalue weighted by atomic mass is 16.3. The molecule has 0 atom stereocenters. The summed E-state index contributed by atoms with van der Waals surface area (Å²) in [5.74, 6) is -0.560. The number of allylic oxidation sites excluding steroid dienone is 2. The van der Waals surface area contributed by atoms with Crippen LogP contribution in [0.2, 0.25) is 0 Å². The van der Waals surface area contributed by atoms with E-state index in [-0.39, 0.29) is 0 Å². The maximum absolute atomic E-state index is 9.39. The van der Waals surface area contributed by atoms with Crippen LogP contribution < -0.4 is 0 Å². The highest BCUT2D eigenvalue weighted by Gasteiger charge is 1.79. The SMILES string of the molecule is N#CC(O)=CC=O. The molecule has 3 nitrogen and oxygen atoms in total. The molecule has 0 aliphatic rings. The van der Waals surface area contributed by atoms with Crippen LogP contribution in [0, 0.1) is 11.3 Å². The minimum Gasteiger partial charge on any atom is -0.499 e. The topological polar surface area (TPSA) is 61.1 Å². The summed E-state index contributed by atoms with van der Waals surface area (Å²) in [5, 5.41) is 15.9. The molecule has 0 amide bonds. The maximum atomic E-state index is 9.39. The lowest BCUT2D eigenvalue weighted by atomic mass is 10.5. The van der Waals surface area contributed by atoms with Crippen molar-refractivity contribution in [1.82, 2.24) is 0 Å². The monoisotopic (exact) mass is 97.0 g/mol. The van der Waals surface area contributed by atoms with Crippen molar-refractivity contribution in [3.05, 3.63) is 11.8 Å². The van der Waals surface area contributed by atoms with E-state index in [0.717, 1.165) is 6.08 Å². The van der Waals surface area contributed by atoms with Crippen molar-refractivity contribution in [2.75, 3.05) is 0 Å². The zero-order valence-corrected chi connectivity index (χ0v) is 3.46. The van der Waals surface area contributed by atoms with E-state index in [1.54, 1.807) is 0 Å². The van der Waals surface area contributed by atoms with Gasteiger partial charge in [-0.15, -0.1) is 0 Å². The number of aliphatic hydroxyl groups excluding tert-OH is 1. The van der Waals surface area contributed by atoms with E-state index in [4.69, 9.17) is 10.4 Å². The first-order valence-corrected chi connectivity index (χ1v) is 1.55. The van der Waals surface area contributed by atoms with E-state index in [1.807, 2.05) is 0 Å². The van der Waals surface area contributed by atoms with E-state index in [2.05, 4.69) is 0 Å². The fraction of sp³-hybridized carbons (Fsp3) is 0. The zero-order valence-electron chi connectivity index (χ0n) is 3.46. The molecule has 0 aromatic carbocycles. The van der Waals surface area contributed by atoms with Gasteiger partial charge in [0.1, 0.15) is 12.4 Å². The van der Waals surface area contributed by atoms with E-state index >= 15 is 0 Å². The summed E-state index contributed by atoms with van der Waals surface area (Å²) >= 11 is 0. The number of carbonyl (C=O) groups is 1. The normalized spacial score (nSPS) is 9.86. The number of hydrogen-bond acceptors (Lipinski definition) is 3. The minimum atomic E-state index is -0.560. The molecule has 0 aliphatic carbocycles. The van der Waals surface area contributed by atoms with Crippen LogP contribution in [0.25, 0.3) is 0 Å². The van der Waals surface area contributed by atoms with Crippen molar-refractivity contribution >= 4 is 6.29 Å². The van der Waals surface area contributed by atoms with Gasteiger partial charge in [0.15, 0.2) is 5.76 Å². The van der Waals surface area contributed by atoms with Crippen molar-refractivity contribution in [2.24, 2.45) is 0 Å². The van der Waals surface area contributed by atoms with Gasteiger partial charge in [-0.3, -0.25) is 4.79 Å². The lowest BCUT2D eigenvalue weighted by molar-refractivity contribution is -0.104. The predicted molar refractivity (Wildman–Crippen MR) is 22.4 cm³/mol. The predicted octanol–water partition coefficient (Wildman–Crippen LogP) is 0.151. The van der Waals surface area contributed by atoms with Gasteiger partial charge in [0.2, 0.25) is 0 Å². The third-order valence-electron chi connectivity index (χ3n) is 0.340. The Morgan fingerprint density at radius 1 is 1.86 bits per heavy atom. The number of nitrogens with zero attached hydrogens (tertiary/aromatic N) is 1. The van der Waals surface area contributed by atoms with Crippen LogP contribution in [-0.4, -0.2) is 11.4 Å². The molecule has 0 heterocycles. The Morgan fingerprint density at radius 3 is 2.57 bits per heavy atom. The highest BCUT2D eigenvalue weighted by molar-refractivity contribution is 5.66. The van der Waals surface area contributed by atoms with Crippen LogP contribution in [0.4, 0.5) is 0 Å². The second-order valence-corrected chi connectivity index (χ2v) is 0.800. The molecule has 7 heavy (non-hydrogen) atoms. The van der Waals surface area contributed by atoms with Gasteiger partial charge in [-0.05, 0) is 0 Å². The van der Waals surface area contributed by atoms with E-state index in [1.165, 1.54) is 6.07 Å². The molecule has 0 saturated heterocycles. The maximum Gasteiger partial charge on any atom is 0.197 e. The van der Waals surface area contributed by atoms with Gasteiger partial charge < -0.3 is 5.11 Å². The molecule has 0 unspecified atom stereocenters. The Bertz CT molecular complexity index is 131. The van der Waals surface area contributed by atoms with Crippen LogP contribution in [0.3, 0.4) is 0 Å². The number of rotatable bonds is 1. The van der Waals surface area contributed by atoms with Gasteiger partial charge >= 0.3 is 0 Å². The first-order chi connectivity index (χ1) is 3.31. The summed E-state index contributed by atoms with van der Waals surface area (Å²) < 4.78 is 0. The Kier molecular flexibility index (Phi) is 2.37. The quantitative estimate of drug-likeness (QED) is 0.166. The fourth-order valence-electron chi connectivity index (χ4n) is 0.102. The number of aldehydes is 1. The molecule has 0 radical (unpaired) electrons. The third kappa shape index (κ3) is 2.50. The van der Waals surface area contributed by atoms with Gasteiger partial charge in [-0.25, -0.2) is 0 Å². The Balaban J connectivity index is 3.80. The van der Waals surface area contributed by atoms with Gasteiger partial charge in [-0.2, -0.15) is 5.26 Å². The van der Waals surface area contributed by atoms with Crippen molar-refractivity contribution in [1.29, 1.82) is 5.26 Å². The van der Waals surface area contributed by atoms with Gasteiger partial charge in [0.05, 0.1) is 0 Å². The zero-order chi connectivity index (χ0) is 5.70. The van der Waals surface area contributed by atoms with Crippen LogP contribution in [0.1, 0.15) is 0 Å². The molecule has 0 aromatic heterocycles. The smallest absolute Gasteiger partial charge is 0.197 e. The number of nitriles is 1. The Morgan fingerprint density at radius 2 is 2.43 bits per heavy atom. The molecule has 0 saturated carbocycles. The molecule has 3 heteroatoms. The summed E-state index contributed by atoms with van der Waals surface area (Å²) in [5.41, 5.74) is 0. The van der Waals surface area contributed by atoms with Crippen molar-refractivity contribution in [2.45, 2.75) is 0 Å². The molecular formula is C4H3NO2. The van der Waals surface area contributed by atoms with Crippen LogP contribution in [0.5, 0.6) is 0 Å². The first-order valence-electron chi connectivity index (χ1n) is 1.55. The second kappa shape index (κ2) is 2.91. The number of aliphatic hydroxyl groups is 1. The molecule has 0 fully saturated rings. The summed E-state index contributed by atoms with van der Waals surface area (Å²) in [6.07, 6.45) is 1.12. The summed E-state index contributed by atoms with van der Waals surface area (Å²) in [6.45, 7) is 0. The minimum absolute atomic E-state index is 0.346. The van der Waals surface area contributed by atoms with Gasteiger partial charge in [0, 0.05) is 6.08 Å². The summed E-state index contributed by atoms with van der Waals surface area (Å²) in [4.78, 5) is 9.39. The van der Waals surface area contributed by atoms with Gasteiger partial charge in [0.25, 0.3) is 0 Å². The van der Waals surface area contributed by atoms with E-state index in [0.29, 0.717) is 6.29 Å². The molecule has 36 valence electrons. The lowest BCUT2D eigenvalue weighted by Crippen LogP contribution is -1.71. The van der Waals surface area contributed by atoms with Crippen LogP contribution in [-0.2, 0) is 4.79 Å². The Hall–Kier alpha value is -1.30. The molecule has 1 N–H and O–H groups in total. The molecule has 0 spiro atoms. The third-order valence-corrected chi connectivity index (χ3v) is 0.340.